The molecule has 1 aliphatic heterocycles. The molecule has 7 heteroatoms. The Bertz CT molecular complexity index is 571. The van der Waals surface area contributed by atoms with Crippen molar-refractivity contribution < 1.29 is 29.0 Å². The monoisotopic (exact) mass is 381 g/mol. The summed E-state index contributed by atoms with van der Waals surface area (Å²) >= 11 is 0. The minimum Gasteiger partial charge on any atom is -0.466 e. The van der Waals surface area contributed by atoms with Gasteiger partial charge in [0.05, 0.1) is 19.1 Å². The highest BCUT2D eigenvalue weighted by atomic mass is 16.5. The lowest BCUT2D eigenvalue weighted by molar-refractivity contribution is -0.152. The number of Topliss-reactive ketones (excluding diaryl/α,β-unsaturated/α-hetero) is 1. The number of ketones is 1. The number of imide groups is 1. The van der Waals surface area contributed by atoms with E-state index in [0.29, 0.717) is 12.3 Å². The predicted molar refractivity (Wildman–Crippen MR) is 97.4 cm³/mol. The number of rotatable bonds is 7. The molecule has 0 bridgehead atoms. The molecule has 2 fully saturated rings. The van der Waals surface area contributed by atoms with E-state index in [1.165, 1.54) is 0 Å². The minimum atomic E-state index is -0.820. The molecule has 4 atom stereocenters. The van der Waals surface area contributed by atoms with Crippen molar-refractivity contribution in [2.45, 2.75) is 65.4 Å². The quantitative estimate of drug-likeness (QED) is 0.532. The molecular formula is C20H31NO6. The molecule has 0 radical (unpaired) electrons. The SMILES string of the molecule is CCOC(=O)CCN1C(=O)CC(C[C@@H](O)C2C[C@@H](C)CC(C)C2=O)CC1=O. The van der Waals surface area contributed by atoms with Crippen LogP contribution >= 0.6 is 0 Å². The molecule has 152 valence electrons. The van der Waals surface area contributed by atoms with Gasteiger partial charge in [-0.1, -0.05) is 13.8 Å². The lowest BCUT2D eigenvalue weighted by atomic mass is 9.71. The molecule has 2 rings (SSSR count). The van der Waals surface area contributed by atoms with E-state index >= 15 is 0 Å². The van der Waals surface area contributed by atoms with E-state index in [2.05, 4.69) is 6.92 Å². The third-order valence-electron chi connectivity index (χ3n) is 5.68. The van der Waals surface area contributed by atoms with Crippen LogP contribution in [-0.4, -0.2) is 52.8 Å². The van der Waals surface area contributed by atoms with Crippen molar-refractivity contribution in [2.75, 3.05) is 13.2 Å². The number of carbonyl (C=O) groups excluding carboxylic acids is 4. The number of nitrogens with zero attached hydrogens (tertiary/aromatic N) is 1. The number of amides is 2. The zero-order chi connectivity index (χ0) is 20.1. The number of piperidine rings is 1. The number of carbonyl (C=O) groups is 4. The zero-order valence-electron chi connectivity index (χ0n) is 16.5. The van der Waals surface area contributed by atoms with Crippen LogP contribution in [0.1, 0.15) is 59.3 Å². The molecule has 0 aromatic rings. The first kappa shape index (κ1) is 21.5. The highest BCUT2D eigenvalue weighted by Crippen LogP contribution is 2.35. The van der Waals surface area contributed by atoms with Gasteiger partial charge >= 0.3 is 5.97 Å². The number of aliphatic hydroxyl groups is 1. The molecule has 2 amide bonds. The van der Waals surface area contributed by atoms with Crippen LogP contribution in [0.5, 0.6) is 0 Å². The molecule has 7 nitrogen and oxygen atoms in total. The molecule has 2 aliphatic rings. The molecule has 1 saturated heterocycles. The molecule has 1 aliphatic carbocycles. The van der Waals surface area contributed by atoms with E-state index in [0.717, 1.165) is 11.3 Å². The van der Waals surface area contributed by atoms with Gasteiger partial charge in [0.2, 0.25) is 11.8 Å². The average molecular weight is 381 g/mol. The van der Waals surface area contributed by atoms with Crippen molar-refractivity contribution in [3.63, 3.8) is 0 Å². The summed E-state index contributed by atoms with van der Waals surface area (Å²) in [6.45, 7) is 5.97. The first-order chi connectivity index (χ1) is 12.7. The van der Waals surface area contributed by atoms with Crippen molar-refractivity contribution in [1.82, 2.24) is 4.90 Å². The second-order valence-electron chi connectivity index (χ2n) is 8.06. The number of likely N-dealkylation sites (tertiary alicyclic amines) is 1. The van der Waals surface area contributed by atoms with Crippen LogP contribution in [0.4, 0.5) is 0 Å². The van der Waals surface area contributed by atoms with E-state index in [1.54, 1.807) is 6.92 Å². The normalized spacial score (nSPS) is 28.4. The van der Waals surface area contributed by atoms with Gasteiger partial charge in [-0.25, -0.2) is 0 Å². The van der Waals surface area contributed by atoms with E-state index in [1.807, 2.05) is 6.92 Å². The Morgan fingerprint density at radius 3 is 2.41 bits per heavy atom. The Balaban J connectivity index is 1.89. The van der Waals surface area contributed by atoms with Crippen LogP contribution in [0, 0.1) is 23.7 Å². The fourth-order valence-corrected chi connectivity index (χ4v) is 4.36. The van der Waals surface area contributed by atoms with Gasteiger partial charge in [-0.15, -0.1) is 0 Å². The second-order valence-corrected chi connectivity index (χ2v) is 8.06. The maximum absolute atomic E-state index is 12.4. The molecule has 1 heterocycles. The van der Waals surface area contributed by atoms with E-state index in [4.69, 9.17) is 4.74 Å². The number of hydrogen-bond acceptors (Lipinski definition) is 6. The number of esters is 1. The Kier molecular flexibility index (Phi) is 7.53. The minimum absolute atomic E-state index is 0.00896. The summed E-state index contributed by atoms with van der Waals surface area (Å²) in [5, 5.41) is 10.6. The number of aliphatic hydroxyl groups excluding tert-OH is 1. The topological polar surface area (TPSA) is 101 Å². The van der Waals surface area contributed by atoms with Gasteiger partial charge in [-0.05, 0) is 38.0 Å². The van der Waals surface area contributed by atoms with Crippen LogP contribution < -0.4 is 0 Å². The Morgan fingerprint density at radius 1 is 1.19 bits per heavy atom. The van der Waals surface area contributed by atoms with Gasteiger partial charge in [0.25, 0.3) is 0 Å². The maximum Gasteiger partial charge on any atom is 0.307 e. The van der Waals surface area contributed by atoms with Gasteiger partial charge in [-0.3, -0.25) is 24.1 Å². The van der Waals surface area contributed by atoms with E-state index in [-0.39, 0.29) is 68.3 Å². The maximum atomic E-state index is 12.4. The molecule has 0 spiro atoms. The molecule has 2 unspecified atom stereocenters. The first-order valence-electron chi connectivity index (χ1n) is 9.93. The average Bonchev–Trinajstić information content (AvgIpc) is 2.57. The van der Waals surface area contributed by atoms with E-state index in [9.17, 15) is 24.3 Å². The summed E-state index contributed by atoms with van der Waals surface area (Å²) in [6, 6.07) is 0. The van der Waals surface area contributed by atoms with Gasteiger partial charge in [-0.2, -0.15) is 0 Å². The van der Waals surface area contributed by atoms with Gasteiger partial charge in [0, 0.05) is 31.2 Å². The Labute approximate surface area is 160 Å². The summed E-state index contributed by atoms with van der Waals surface area (Å²) in [5.41, 5.74) is 0. The van der Waals surface area contributed by atoms with Crippen molar-refractivity contribution in [2.24, 2.45) is 23.7 Å². The number of ether oxygens (including phenoxy) is 1. The Morgan fingerprint density at radius 2 is 1.81 bits per heavy atom. The van der Waals surface area contributed by atoms with Crippen molar-refractivity contribution in [1.29, 1.82) is 0 Å². The molecule has 1 saturated carbocycles. The summed E-state index contributed by atoms with van der Waals surface area (Å²) in [5.74, 6) is -1.35. The van der Waals surface area contributed by atoms with Gasteiger partial charge in [0.1, 0.15) is 5.78 Å². The lowest BCUT2D eigenvalue weighted by Gasteiger charge is -2.35. The molecule has 0 aromatic carbocycles. The highest BCUT2D eigenvalue weighted by molar-refractivity contribution is 5.98. The molecular weight excluding hydrogens is 350 g/mol. The highest BCUT2D eigenvalue weighted by Gasteiger charge is 2.39. The van der Waals surface area contributed by atoms with Crippen LogP contribution in [0.15, 0.2) is 0 Å². The summed E-state index contributed by atoms with van der Waals surface area (Å²) < 4.78 is 4.82. The fraction of sp³-hybridized carbons (Fsp3) is 0.800. The smallest absolute Gasteiger partial charge is 0.307 e. The van der Waals surface area contributed by atoms with Crippen LogP contribution in [-0.2, 0) is 23.9 Å². The first-order valence-corrected chi connectivity index (χ1v) is 9.93. The fourth-order valence-electron chi connectivity index (χ4n) is 4.36. The van der Waals surface area contributed by atoms with E-state index < -0.39 is 18.0 Å². The van der Waals surface area contributed by atoms with Crippen LogP contribution in [0.3, 0.4) is 0 Å². The third-order valence-corrected chi connectivity index (χ3v) is 5.68. The summed E-state index contributed by atoms with van der Waals surface area (Å²) in [7, 11) is 0. The van der Waals surface area contributed by atoms with Crippen molar-refractivity contribution >= 4 is 23.6 Å². The largest absolute Gasteiger partial charge is 0.466 e. The molecule has 0 aromatic heterocycles. The lowest BCUT2D eigenvalue weighted by Crippen LogP contribution is -2.46. The summed E-state index contributed by atoms with van der Waals surface area (Å²) in [4.78, 5) is 49.6. The van der Waals surface area contributed by atoms with Gasteiger partial charge in [0.15, 0.2) is 0 Å². The van der Waals surface area contributed by atoms with Crippen LogP contribution in [0.25, 0.3) is 0 Å². The second kappa shape index (κ2) is 9.44. The standard InChI is InChI=1S/C20H31NO6/c1-4-27-19(25)5-6-21-17(23)10-14(11-18(21)24)9-16(22)15-8-12(2)7-13(3)20(15)26/h12-16,22H,4-11H2,1-3H3/t12-,13?,15?,16+/m0/s1. The van der Waals surface area contributed by atoms with Gasteiger partial charge < -0.3 is 9.84 Å². The van der Waals surface area contributed by atoms with Crippen molar-refractivity contribution in [3.8, 4) is 0 Å². The molecule has 27 heavy (non-hydrogen) atoms. The molecule has 1 N–H and O–H groups in total. The third kappa shape index (κ3) is 5.61. The van der Waals surface area contributed by atoms with Crippen molar-refractivity contribution in [3.05, 3.63) is 0 Å². The number of hydrogen-bond donors (Lipinski definition) is 1. The Hall–Kier alpha value is -1.76. The summed E-state index contributed by atoms with van der Waals surface area (Å²) in [6.07, 6.45) is 1.25. The predicted octanol–water partition coefficient (Wildman–Crippen LogP) is 1.71. The van der Waals surface area contributed by atoms with Crippen LogP contribution in [0.2, 0.25) is 0 Å². The zero-order valence-corrected chi connectivity index (χ0v) is 16.5.